The summed E-state index contributed by atoms with van der Waals surface area (Å²) in [7, 11) is 0. The van der Waals surface area contributed by atoms with Gasteiger partial charge in [-0.2, -0.15) is 0 Å². The predicted molar refractivity (Wildman–Crippen MR) is 128 cm³/mol. The van der Waals surface area contributed by atoms with Gasteiger partial charge in [-0.05, 0) is 59.9 Å². The fourth-order valence-corrected chi connectivity index (χ4v) is 4.04. The van der Waals surface area contributed by atoms with E-state index in [-0.39, 0.29) is 11.5 Å². The molecule has 4 rings (SSSR count). The Balaban J connectivity index is 2.14. The van der Waals surface area contributed by atoms with Crippen molar-refractivity contribution in [2.75, 3.05) is 5.73 Å². The van der Waals surface area contributed by atoms with Crippen LogP contribution in [0.2, 0.25) is 0 Å². The number of carboxylic acids is 1. The Morgan fingerprint density at radius 3 is 2.41 bits per heavy atom. The number of aromatic nitrogens is 2. The molecule has 0 amide bonds. The summed E-state index contributed by atoms with van der Waals surface area (Å²) in [4.78, 5) is 20.7. The molecule has 2 heterocycles. The van der Waals surface area contributed by atoms with Gasteiger partial charge in [-0.15, -0.1) is 0 Å². The standard InChI is InChI=1S/C26H24N4O2/c1-14(2)23-24(19-8-15(3)12-29-13-19)20-9-18(11-27)21(28)10-22(20)30-25(23)16-4-6-17(7-5-16)26(31)32/h4-14,27H,28H2,1-3H3,(H,31,32). The molecule has 0 aliphatic heterocycles. The third-order valence-corrected chi connectivity index (χ3v) is 5.53. The van der Waals surface area contributed by atoms with E-state index in [9.17, 15) is 9.90 Å². The first kappa shape index (κ1) is 21.2. The van der Waals surface area contributed by atoms with E-state index in [0.717, 1.165) is 38.9 Å². The number of anilines is 1. The normalized spacial score (nSPS) is 11.1. The molecular weight excluding hydrogens is 400 g/mol. The first-order valence-corrected chi connectivity index (χ1v) is 10.3. The minimum absolute atomic E-state index is 0.123. The Morgan fingerprint density at radius 2 is 1.81 bits per heavy atom. The van der Waals surface area contributed by atoms with Crippen molar-refractivity contribution in [3.63, 3.8) is 0 Å². The molecule has 0 radical (unpaired) electrons. The zero-order chi connectivity index (χ0) is 23.0. The summed E-state index contributed by atoms with van der Waals surface area (Å²) < 4.78 is 0. The molecule has 0 unspecified atom stereocenters. The van der Waals surface area contributed by atoms with Crippen molar-refractivity contribution < 1.29 is 9.90 Å². The number of carboxylic acid groups (broad SMARTS) is 1. The fraction of sp³-hybridized carbons (Fsp3) is 0.154. The van der Waals surface area contributed by atoms with Gasteiger partial charge in [0.25, 0.3) is 0 Å². The number of nitrogens with zero attached hydrogens (tertiary/aromatic N) is 2. The maximum absolute atomic E-state index is 11.3. The van der Waals surface area contributed by atoms with Crippen molar-refractivity contribution >= 4 is 28.8 Å². The van der Waals surface area contributed by atoms with Crippen LogP contribution in [0, 0.1) is 12.3 Å². The molecule has 0 aliphatic carbocycles. The molecule has 32 heavy (non-hydrogen) atoms. The second-order valence-corrected chi connectivity index (χ2v) is 8.18. The lowest BCUT2D eigenvalue weighted by atomic mass is 9.86. The van der Waals surface area contributed by atoms with Crippen molar-refractivity contribution in [2.24, 2.45) is 0 Å². The number of nitrogens with two attached hydrogens (primary N) is 1. The molecule has 0 atom stereocenters. The van der Waals surface area contributed by atoms with Gasteiger partial charge < -0.3 is 16.2 Å². The second kappa shape index (κ2) is 8.23. The van der Waals surface area contributed by atoms with E-state index in [1.54, 1.807) is 30.3 Å². The highest BCUT2D eigenvalue weighted by Gasteiger charge is 2.21. The van der Waals surface area contributed by atoms with E-state index in [2.05, 4.69) is 24.9 Å². The molecule has 2 aromatic heterocycles. The minimum atomic E-state index is -0.967. The molecule has 0 saturated heterocycles. The van der Waals surface area contributed by atoms with Gasteiger partial charge >= 0.3 is 5.97 Å². The summed E-state index contributed by atoms with van der Waals surface area (Å²) in [5.74, 6) is -0.844. The predicted octanol–water partition coefficient (Wildman–Crippen LogP) is 5.67. The van der Waals surface area contributed by atoms with E-state index in [4.69, 9.17) is 16.1 Å². The number of fused-ring (bicyclic) bond motifs is 1. The number of nitrogens with one attached hydrogen (secondary N) is 1. The van der Waals surface area contributed by atoms with Crippen molar-refractivity contribution in [3.05, 3.63) is 77.1 Å². The third kappa shape index (κ3) is 3.71. The molecule has 160 valence electrons. The number of nitrogen functional groups attached to an aromatic ring is 1. The van der Waals surface area contributed by atoms with Crippen LogP contribution < -0.4 is 5.73 Å². The van der Waals surface area contributed by atoms with Gasteiger partial charge in [0.05, 0.1) is 16.8 Å². The molecule has 0 spiro atoms. The molecule has 4 N–H and O–H groups in total. The number of pyridine rings is 2. The lowest BCUT2D eigenvalue weighted by Gasteiger charge is -2.21. The average Bonchev–Trinajstić information content (AvgIpc) is 2.77. The van der Waals surface area contributed by atoms with Crippen LogP contribution in [0.4, 0.5) is 5.69 Å². The van der Waals surface area contributed by atoms with E-state index < -0.39 is 5.97 Å². The van der Waals surface area contributed by atoms with Gasteiger partial charge in [0.15, 0.2) is 0 Å². The first-order chi connectivity index (χ1) is 15.3. The van der Waals surface area contributed by atoms with Crippen molar-refractivity contribution in [3.8, 4) is 22.4 Å². The molecule has 0 bridgehead atoms. The number of carbonyl (C=O) groups is 1. The molecular formula is C26H24N4O2. The largest absolute Gasteiger partial charge is 0.478 e. The number of hydrogen-bond donors (Lipinski definition) is 3. The van der Waals surface area contributed by atoms with Crippen LogP contribution in [0.1, 0.15) is 46.8 Å². The summed E-state index contributed by atoms with van der Waals surface area (Å²) in [5, 5.41) is 17.9. The summed E-state index contributed by atoms with van der Waals surface area (Å²) in [6.45, 7) is 6.22. The summed E-state index contributed by atoms with van der Waals surface area (Å²) in [6, 6.07) is 12.6. The Bertz CT molecular complexity index is 1360. The highest BCUT2D eigenvalue weighted by Crippen LogP contribution is 2.41. The summed E-state index contributed by atoms with van der Waals surface area (Å²) in [5.41, 5.74) is 13.9. The summed E-state index contributed by atoms with van der Waals surface area (Å²) in [6.07, 6.45) is 4.90. The molecule has 0 aliphatic rings. The molecule has 0 fully saturated rings. The van der Waals surface area contributed by atoms with Gasteiger partial charge in [0.2, 0.25) is 0 Å². The van der Waals surface area contributed by atoms with Gasteiger partial charge in [0.1, 0.15) is 0 Å². The van der Waals surface area contributed by atoms with E-state index in [1.165, 1.54) is 6.21 Å². The average molecular weight is 425 g/mol. The Hall–Kier alpha value is -4.06. The highest BCUT2D eigenvalue weighted by atomic mass is 16.4. The lowest BCUT2D eigenvalue weighted by molar-refractivity contribution is 0.0697. The van der Waals surface area contributed by atoms with Crippen LogP contribution in [0.25, 0.3) is 33.3 Å². The zero-order valence-electron chi connectivity index (χ0n) is 18.2. The summed E-state index contributed by atoms with van der Waals surface area (Å²) >= 11 is 0. The van der Waals surface area contributed by atoms with E-state index in [1.807, 2.05) is 25.4 Å². The first-order valence-electron chi connectivity index (χ1n) is 10.3. The molecule has 2 aromatic carbocycles. The number of aryl methyl sites for hydroxylation is 1. The van der Waals surface area contributed by atoms with Crippen molar-refractivity contribution in [1.29, 1.82) is 5.41 Å². The topological polar surface area (TPSA) is 113 Å². The molecule has 4 aromatic rings. The minimum Gasteiger partial charge on any atom is -0.478 e. The quantitative estimate of drug-likeness (QED) is 0.282. The third-order valence-electron chi connectivity index (χ3n) is 5.53. The maximum Gasteiger partial charge on any atom is 0.335 e. The Labute approximate surface area is 186 Å². The van der Waals surface area contributed by atoms with Gasteiger partial charge in [-0.25, -0.2) is 9.78 Å². The van der Waals surface area contributed by atoms with E-state index >= 15 is 0 Å². The molecule has 6 nitrogen and oxygen atoms in total. The number of aromatic carboxylic acids is 1. The number of benzene rings is 2. The Morgan fingerprint density at radius 1 is 1.09 bits per heavy atom. The van der Waals surface area contributed by atoms with Crippen LogP contribution in [0.15, 0.2) is 54.9 Å². The molecule has 0 saturated carbocycles. The van der Waals surface area contributed by atoms with Crippen LogP contribution >= 0.6 is 0 Å². The second-order valence-electron chi connectivity index (χ2n) is 8.18. The van der Waals surface area contributed by atoms with Gasteiger partial charge in [-0.1, -0.05) is 26.0 Å². The van der Waals surface area contributed by atoms with Gasteiger partial charge in [-0.3, -0.25) is 4.98 Å². The zero-order valence-corrected chi connectivity index (χ0v) is 18.2. The van der Waals surface area contributed by atoms with Crippen molar-refractivity contribution in [1.82, 2.24) is 9.97 Å². The highest BCUT2D eigenvalue weighted by molar-refractivity contribution is 6.04. The van der Waals surface area contributed by atoms with Crippen molar-refractivity contribution in [2.45, 2.75) is 26.7 Å². The lowest BCUT2D eigenvalue weighted by Crippen LogP contribution is -2.04. The van der Waals surface area contributed by atoms with Crippen LogP contribution in [0.5, 0.6) is 0 Å². The maximum atomic E-state index is 11.3. The molecule has 6 heteroatoms. The van der Waals surface area contributed by atoms with Crippen LogP contribution in [0.3, 0.4) is 0 Å². The van der Waals surface area contributed by atoms with Crippen LogP contribution in [-0.2, 0) is 0 Å². The van der Waals surface area contributed by atoms with Gasteiger partial charge in [0, 0.05) is 46.4 Å². The smallest absolute Gasteiger partial charge is 0.335 e. The van der Waals surface area contributed by atoms with Crippen LogP contribution in [-0.4, -0.2) is 27.3 Å². The SMILES string of the molecule is Cc1cncc(-c2c(C(C)C)c(-c3ccc(C(=O)O)cc3)nc3cc(N)c(C=N)cc23)c1. The Kier molecular flexibility index (Phi) is 5.45. The number of hydrogen-bond acceptors (Lipinski definition) is 5. The number of rotatable bonds is 5. The monoisotopic (exact) mass is 424 g/mol. The van der Waals surface area contributed by atoms with E-state index in [0.29, 0.717) is 16.8 Å². The fourth-order valence-electron chi connectivity index (χ4n) is 4.04.